The first-order chi connectivity index (χ1) is 8.69. The Morgan fingerprint density at radius 2 is 2.17 bits per heavy atom. The molecule has 0 saturated carbocycles. The maximum Gasteiger partial charge on any atom is 0.0674 e. The number of thiophene rings is 1. The largest absolute Gasteiger partial charge is 0.376 e. The van der Waals surface area contributed by atoms with Crippen LogP contribution in [0.4, 0.5) is 0 Å². The fourth-order valence-electron chi connectivity index (χ4n) is 2.24. The number of hydrogen-bond donors (Lipinski definition) is 1. The normalized spacial score (nSPS) is 25.5. The van der Waals surface area contributed by atoms with Crippen LogP contribution >= 0.6 is 11.3 Å². The number of morpholine rings is 1. The van der Waals surface area contributed by atoms with Crippen LogP contribution in [0.2, 0.25) is 0 Å². The predicted molar refractivity (Wildman–Crippen MR) is 77.0 cm³/mol. The standard InChI is InChI=1S/C14H24N2OS/c1-4-15-7-13-5-6-14(18-13)9-16-8-12(3)17-10-11(16)2/h5-6,11-12,15H,4,7-10H2,1-3H3. The molecule has 0 bridgehead atoms. The van der Waals surface area contributed by atoms with Crippen LogP contribution in [0.15, 0.2) is 12.1 Å². The highest BCUT2D eigenvalue weighted by molar-refractivity contribution is 7.11. The lowest BCUT2D eigenvalue weighted by Gasteiger charge is -2.36. The molecule has 2 heterocycles. The fourth-order valence-corrected chi connectivity index (χ4v) is 3.26. The van der Waals surface area contributed by atoms with Crippen LogP contribution in [0.5, 0.6) is 0 Å². The lowest BCUT2D eigenvalue weighted by Crippen LogP contribution is -2.46. The monoisotopic (exact) mass is 268 g/mol. The van der Waals surface area contributed by atoms with Crippen molar-refractivity contribution >= 4 is 11.3 Å². The Balaban J connectivity index is 1.89. The van der Waals surface area contributed by atoms with E-state index in [1.165, 1.54) is 9.75 Å². The summed E-state index contributed by atoms with van der Waals surface area (Å²) in [5.74, 6) is 0. The Bertz CT molecular complexity index is 366. The molecule has 2 atom stereocenters. The Hall–Kier alpha value is -0.420. The molecule has 2 unspecified atom stereocenters. The highest BCUT2D eigenvalue weighted by Gasteiger charge is 2.23. The number of nitrogens with one attached hydrogen (secondary N) is 1. The first-order valence-electron chi connectivity index (χ1n) is 6.83. The smallest absolute Gasteiger partial charge is 0.0674 e. The van der Waals surface area contributed by atoms with Gasteiger partial charge in [-0.3, -0.25) is 4.90 Å². The van der Waals surface area contributed by atoms with Gasteiger partial charge in [0.05, 0.1) is 12.7 Å². The Morgan fingerprint density at radius 3 is 2.94 bits per heavy atom. The Morgan fingerprint density at radius 1 is 1.39 bits per heavy atom. The number of rotatable bonds is 5. The summed E-state index contributed by atoms with van der Waals surface area (Å²) in [6, 6.07) is 5.04. The number of ether oxygens (including phenoxy) is 1. The molecule has 1 fully saturated rings. The predicted octanol–water partition coefficient (Wildman–Crippen LogP) is 2.47. The summed E-state index contributed by atoms with van der Waals surface area (Å²) in [5.41, 5.74) is 0. The average molecular weight is 268 g/mol. The summed E-state index contributed by atoms with van der Waals surface area (Å²) in [7, 11) is 0. The molecule has 1 aromatic heterocycles. The van der Waals surface area contributed by atoms with Crippen molar-refractivity contribution in [3.8, 4) is 0 Å². The molecule has 0 aromatic carbocycles. The van der Waals surface area contributed by atoms with Crippen molar-refractivity contribution in [3.63, 3.8) is 0 Å². The first-order valence-corrected chi connectivity index (χ1v) is 7.64. The summed E-state index contributed by atoms with van der Waals surface area (Å²) in [6.07, 6.45) is 0.363. The summed E-state index contributed by atoms with van der Waals surface area (Å²) in [5, 5.41) is 3.37. The topological polar surface area (TPSA) is 24.5 Å². The van der Waals surface area contributed by atoms with E-state index in [-0.39, 0.29) is 0 Å². The van der Waals surface area contributed by atoms with E-state index in [4.69, 9.17) is 4.74 Å². The molecular weight excluding hydrogens is 244 g/mol. The first kappa shape index (κ1) is 14.0. The minimum Gasteiger partial charge on any atom is -0.376 e. The molecule has 1 saturated heterocycles. The van der Waals surface area contributed by atoms with E-state index in [9.17, 15) is 0 Å². The molecule has 2 rings (SSSR count). The molecule has 1 aliphatic heterocycles. The second-order valence-electron chi connectivity index (χ2n) is 5.07. The van der Waals surface area contributed by atoms with Crippen molar-refractivity contribution in [1.82, 2.24) is 10.2 Å². The zero-order valence-corrected chi connectivity index (χ0v) is 12.4. The van der Waals surface area contributed by atoms with Crippen LogP contribution in [-0.4, -0.2) is 36.7 Å². The van der Waals surface area contributed by atoms with E-state index in [1.807, 2.05) is 11.3 Å². The van der Waals surface area contributed by atoms with Gasteiger partial charge in [0.15, 0.2) is 0 Å². The van der Waals surface area contributed by atoms with Crippen molar-refractivity contribution in [2.75, 3.05) is 19.7 Å². The molecule has 1 N–H and O–H groups in total. The van der Waals surface area contributed by atoms with Gasteiger partial charge in [-0.1, -0.05) is 6.92 Å². The zero-order chi connectivity index (χ0) is 13.0. The molecule has 0 spiro atoms. The fraction of sp³-hybridized carbons (Fsp3) is 0.714. The SMILES string of the molecule is CCNCc1ccc(CN2CC(C)OCC2C)s1. The molecule has 102 valence electrons. The highest BCUT2D eigenvalue weighted by Crippen LogP contribution is 2.21. The van der Waals surface area contributed by atoms with Crippen molar-refractivity contribution in [2.45, 2.75) is 46.0 Å². The summed E-state index contributed by atoms with van der Waals surface area (Å²) < 4.78 is 5.67. The van der Waals surface area contributed by atoms with Crippen LogP contribution in [0.1, 0.15) is 30.5 Å². The number of hydrogen-bond acceptors (Lipinski definition) is 4. The summed E-state index contributed by atoms with van der Waals surface area (Å²) >= 11 is 1.92. The van der Waals surface area contributed by atoms with Gasteiger partial charge in [-0.25, -0.2) is 0 Å². The van der Waals surface area contributed by atoms with Crippen molar-refractivity contribution in [1.29, 1.82) is 0 Å². The quantitative estimate of drug-likeness (QED) is 0.888. The third kappa shape index (κ3) is 3.79. The molecule has 4 heteroatoms. The Kier molecular flexibility index (Phi) is 5.18. The van der Waals surface area contributed by atoms with Gasteiger partial charge in [-0.05, 0) is 32.5 Å². The van der Waals surface area contributed by atoms with Crippen LogP contribution in [0.3, 0.4) is 0 Å². The molecule has 18 heavy (non-hydrogen) atoms. The van der Waals surface area contributed by atoms with Crippen molar-refractivity contribution in [3.05, 3.63) is 21.9 Å². The van der Waals surface area contributed by atoms with Gasteiger partial charge in [-0.15, -0.1) is 11.3 Å². The van der Waals surface area contributed by atoms with Crippen LogP contribution in [-0.2, 0) is 17.8 Å². The van der Waals surface area contributed by atoms with E-state index >= 15 is 0 Å². The van der Waals surface area contributed by atoms with E-state index in [1.54, 1.807) is 0 Å². The van der Waals surface area contributed by atoms with Gasteiger partial charge < -0.3 is 10.1 Å². The molecule has 1 aromatic rings. The van der Waals surface area contributed by atoms with Crippen molar-refractivity contribution in [2.24, 2.45) is 0 Å². The summed E-state index contributed by atoms with van der Waals surface area (Å²) in [6.45, 7) is 11.5. The summed E-state index contributed by atoms with van der Waals surface area (Å²) in [4.78, 5) is 5.42. The van der Waals surface area contributed by atoms with Crippen LogP contribution in [0, 0.1) is 0 Å². The third-order valence-electron chi connectivity index (χ3n) is 3.36. The zero-order valence-electron chi connectivity index (χ0n) is 11.6. The van der Waals surface area contributed by atoms with Crippen LogP contribution in [0.25, 0.3) is 0 Å². The lowest BCUT2D eigenvalue weighted by molar-refractivity contribution is -0.0523. The van der Waals surface area contributed by atoms with E-state index in [0.29, 0.717) is 12.1 Å². The molecule has 1 aliphatic rings. The van der Waals surface area contributed by atoms with Gasteiger partial charge in [0.2, 0.25) is 0 Å². The molecular formula is C14H24N2OS. The van der Waals surface area contributed by atoms with Crippen LogP contribution < -0.4 is 5.32 Å². The van der Waals surface area contributed by atoms with E-state index in [0.717, 1.165) is 32.8 Å². The van der Waals surface area contributed by atoms with E-state index < -0.39 is 0 Å². The minimum absolute atomic E-state index is 0.363. The van der Waals surface area contributed by atoms with Gasteiger partial charge in [0.25, 0.3) is 0 Å². The average Bonchev–Trinajstić information content (AvgIpc) is 2.79. The van der Waals surface area contributed by atoms with Gasteiger partial charge >= 0.3 is 0 Å². The second kappa shape index (κ2) is 6.66. The van der Waals surface area contributed by atoms with E-state index in [2.05, 4.69) is 43.1 Å². The lowest BCUT2D eigenvalue weighted by atomic mass is 10.2. The maximum atomic E-state index is 5.67. The van der Waals surface area contributed by atoms with Gasteiger partial charge in [0.1, 0.15) is 0 Å². The molecule has 0 aliphatic carbocycles. The minimum atomic E-state index is 0.363. The van der Waals surface area contributed by atoms with Gasteiger partial charge in [0, 0.05) is 35.4 Å². The maximum absolute atomic E-state index is 5.67. The molecule has 0 amide bonds. The molecule has 3 nitrogen and oxygen atoms in total. The second-order valence-corrected chi connectivity index (χ2v) is 6.32. The van der Waals surface area contributed by atoms with Crippen molar-refractivity contribution < 1.29 is 4.74 Å². The number of nitrogens with zero attached hydrogens (tertiary/aromatic N) is 1. The Labute approximate surface area is 114 Å². The third-order valence-corrected chi connectivity index (χ3v) is 4.43. The van der Waals surface area contributed by atoms with Gasteiger partial charge in [-0.2, -0.15) is 0 Å². The molecule has 0 radical (unpaired) electrons. The highest BCUT2D eigenvalue weighted by atomic mass is 32.1.